The number of hydrogen-bond donors (Lipinski definition) is 0. The van der Waals surface area contributed by atoms with Crippen molar-refractivity contribution in [3.05, 3.63) is 0 Å². The Bertz CT molecular complexity index is 155. The van der Waals surface area contributed by atoms with Gasteiger partial charge in [0.25, 0.3) is 0 Å². The van der Waals surface area contributed by atoms with Gasteiger partial charge in [-0.05, 0) is 19.4 Å². The van der Waals surface area contributed by atoms with E-state index in [0.717, 1.165) is 32.8 Å². The fourth-order valence-corrected chi connectivity index (χ4v) is 2.30. The van der Waals surface area contributed by atoms with Crippen LogP contribution in [0.4, 0.5) is 0 Å². The number of rotatable bonds is 1. The van der Waals surface area contributed by atoms with Crippen molar-refractivity contribution < 1.29 is 9.47 Å². The summed E-state index contributed by atoms with van der Waals surface area (Å²) in [7, 11) is 0. The highest BCUT2D eigenvalue weighted by atomic mass is 16.5. The lowest BCUT2D eigenvalue weighted by Crippen LogP contribution is -2.49. The molecule has 0 amide bonds. The Morgan fingerprint density at radius 1 is 1.38 bits per heavy atom. The molecule has 0 aliphatic carbocycles. The van der Waals surface area contributed by atoms with Crippen molar-refractivity contribution in [2.75, 3.05) is 32.9 Å². The van der Waals surface area contributed by atoms with E-state index in [0.29, 0.717) is 12.1 Å². The first-order valence-corrected chi connectivity index (χ1v) is 5.35. The van der Waals surface area contributed by atoms with E-state index >= 15 is 0 Å². The maximum atomic E-state index is 5.82. The molecule has 0 radical (unpaired) electrons. The summed E-state index contributed by atoms with van der Waals surface area (Å²) >= 11 is 0. The van der Waals surface area contributed by atoms with E-state index in [4.69, 9.17) is 9.47 Å². The Morgan fingerprint density at radius 2 is 2.31 bits per heavy atom. The summed E-state index contributed by atoms with van der Waals surface area (Å²) in [4.78, 5) is 2.50. The molecule has 76 valence electrons. The molecule has 2 fully saturated rings. The average molecular weight is 185 g/mol. The molecule has 0 aromatic rings. The smallest absolute Gasteiger partial charge is 0.0774 e. The topological polar surface area (TPSA) is 21.7 Å². The number of hydrogen-bond acceptors (Lipinski definition) is 3. The van der Waals surface area contributed by atoms with Gasteiger partial charge in [-0.3, -0.25) is 4.90 Å². The van der Waals surface area contributed by atoms with Crippen LogP contribution in [0, 0.1) is 0 Å². The van der Waals surface area contributed by atoms with E-state index < -0.39 is 0 Å². The maximum Gasteiger partial charge on any atom is 0.0774 e. The highest BCUT2D eigenvalue weighted by Gasteiger charge is 2.32. The minimum Gasteiger partial charge on any atom is -0.380 e. The van der Waals surface area contributed by atoms with Gasteiger partial charge in [-0.1, -0.05) is 6.92 Å². The fraction of sp³-hybridized carbons (Fsp3) is 1.00. The van der Waals surface area contributed by atoms with Crippen LogP contribution < -0.4 is 0 Å². The van der Waals surface area contributed by atoms with Crippen molar-refractivity contribution in [1.82, 2.24) is 4.90 Å². The molecule has 2 saturated heterocycles. The van der Waals surface area contributed by atoms with Crippen molar-refractivity contribution in [3.8, 4) is 0 Å². The van der Waals surface area contributed by atoms with Crippen LogP contribution in [0.2, 0.25) is 0 Å². The van der Waals surface area contributed by atoms with Gasteiger partial charge < -0.3 is 9.47 Å². The molecular formula is C10H19NO2. The lowest BCUT2D eigenvalue weighted by molar-refractivity contribution is -0.0728. The second-order valence-electron chi connectivity index (χ2n) is 3.82. The van der Waals surface area contributed by atoms with E-state index in [-0.39, 0.29) is 0 Å². The Morgan fingerprint density at radius 3 is 3.15 bits per heavy atom. The van der Waals surface area contributed by atoms with Crippen LogP contribution in [-0.2, 0) is 9.47 Å². The Labute approximate surface area is 80.0 Å². The van der Waals surface area contributed by atoms with Crippen molar-refractivity contribution in [2.45, 2.75) is 31.9 Å². The van der Waals surface area contributed by atoms with Crippen molar-refractivity contribution in [1.29, 1.82) is 0 Å². The monoisotopic (exact) mass is 185 g/mol. The lowest BCUT2D eigenvalue weighted by atomic mass is 10.1. The molecule has 13 heavy (non-hydrogen) atoms. The van der Waals surface area contributed by atoms with E-state index in [1.54, 1.807) is 0 Å². The second kappa shape index (κ2) is 4.40. The summed E-state index contributed by atoms with van der Waals surface area (Å²) in [6.07, 6.45) is 2.67. The van der Waals surface area contributed by atoms with Gasteiger partial charge in [0.05, 0.1) is 18.8 Å². The number of likely N-dealkylation sites (N-methyl/N-ethyl adjacent to an activating group) is 1. The summed E-state index contributed by atoms with van der Waals surface area (Å²) in [6, 6.07) is 0.515. The lowest BCUT2D eigenvalue weighted by Gasteiger charge is -2.36. The number of fused-ring (bicyclic) bond motifs is 1. The summed E-state index contributed by atoms with van der Waals surface area (Å²) in [5.41, 5.74) is 0. The summed E-state index contributed by atoms with van der Waals surface area (Å²) in [5.74, 6) is 0. The maximum absolute atomic E-state index is 5.82. The van der Waals surface area contributed by atoms with Crippen LogP contribution in [0.25, 0.3) is 0 Å². The minimum absolute atomic E-state index is 0.427. The fourth-order valence-electron chi connectivity index (χ4n) is 2.30. The first-order chi connectivity index (χ1) is 6.42. The summed E-state index contributed by atoms with van der Waals surface area (Å²) in [5, 5.41) is 0. The molecule has 3 nitrogen and oxygen atoms in total. The molecule has 0 aromatic heterocycles. The summed E-state index contributed by atoms with van der Waals surface area (Å²) < 4.78 is 11.3. The average Bonchev–Trinajstić information content (AvgIpc) is 2.39. The predicted molar refractivity (Wildman–Crippen MR) is 50.8 cm³/mol. The molecule has 0 spiro atoms. The predicted octanol–water partition coefficient (Wildman–Crippen LogP) is 0.886. The van der Waals surface area contributed by atoms with E-state index in [1.807, 2.05) is 0 Å². The highest BCUT2D eigenvalue weighted by Crippen LogP contribution is 2.20. The first kappa shape index (κ1) is 9.44. The van der Waals surface area contributed by atoms with Crippen LogP contribution >= 0.6 is 0 Å². The zero-order valence-electron chi connectivity index (χ0n) is 8.37. The quantitative estimate of drug-likeness (QED) is 0.605. The van der Waals surface area contributed by atoms with Crippen molar-refractivity contribution in [3.63, 3.8) is 0 Å². The van der Waals surface area contributed by atoms with Gasteiger partial charge in [-0.15, -0.1) is 0 Å². The molecule has 0 bridgehead atoms. The normalized spacial score (nSPS) is 36.7. The van der Waals surface area contributed by atoms with Gasteiger partial charge in [0, 0.05) is 19.8 Å². The number of ether oxygens (including phenoxy) is 2. The molecule has 2 atom stereocenters. The number of nitrogens with zero attached hydrogens (tertiary/aromatic N) is 1. The minimum atomic E-state index is 0.427. The van der Waals surface area contributed by atoms with Gasteiger partial charge in [0.15, 0.2) is 0 Å². The Balaban J connectivity index is 2.02. The molecule has 2 rings (SSSR count). The van der Waals surface area contributed by atoms with Crippen LogP contribution in [0.1, 0.15) is 19.8 Å². The van der Waals surface area contributed by atoms with Crippen LogP contribution in [0.5, 0.6) is 0 Å². The second-order valence-corrected chi connectivity index (χ2v) is 3.82. The molecule has 2 aliphatic heterocycles. The standard InChI is InChI=1S/C10H19NO2/c1-2-11-5-3-6-13-10-4-7-12-8-9(10)11/h9-10H,2-8H2,1H3. The van der Waals surface area contributed by atoms with Gasteiger partial charge in [-0.25, -0.2) is 0 Å². The van der Waals surface area contributed by atoms with Gasteiger partial charge >= 0.3 is 0 Å². The molecule has 0 saturated carbocycles. The third-order valence-electron chi connectivity index (χ3n) is 3.06. The van der Waals surface area contributed by atoms with E-state index in [9.17, 15) is 0 Å². The van der Waals surface area contributed by atoms with Crippen LogP contribution in [-0.4, -0.2) is 50.0 Å². The molecule has 2 unspecified atom stereocenters. The molecule has 0 aromatic carbocycles. The zero-order valence-corrected chi connectivity index (χ0v) is 8.37. The Kier molecular flexibility index (Phi) is 3.19. The van der Waals surface area contributed by atoms with Crippen molar-refractivity contribution in [2.24, 2.45) is 0 Å². The molecular weight excluding hydrogens is 166 g/mol. The van der Waals surface area contributed by atoms with Gasteiger partial charge in [0.2, 0.25) is 0 Å². The van der Waals surface area contributed by atoms with Gasteiger partial charge in [-0.2, -0.15) is 0 Å². The van der Waals surface area contributed by atoms with Crippen molar-refractivity contribution >= 4 is 0 Å². The SMILES string of the molecule is CCN1CCCOC2CCOCC21. The van der Waals surface area contributed by atoms with E-state index in [2.05, 4.69) is 11.8 Å². The molecule has 2 heterocycles. The van der Waals surface area contributed by atoms with E-state index in [1.165, 1.54) is 13.0 Å². The van der Waals surface area contributed by atoms with Gasteiger partial charge in [0.1, 0.15) is 0 Å². The third-order valence-corrected chi connectivity index (χ3v) is 3.06. The zero-order chi connectivity index (χ0) is 9.10. The summed E-state index contributed by atoms with van der Waals surface area (Å²) in [6.45, 7) is 7.17. The highest BCUT2D eigenvalue weighted by molar-refractivity contribution is 4.84. The molecule has 2 aliphatic rings. The third kappa shape index (κ3) is 2.03. The molecule has 0 N–H and O–H groups in total. The van der Waals surface area contributed by atoms with Crippen LogP contribution in [0.3, 0.4) is 0 Å². The van der Waals surface area contributed by atoms with Crippen LogP contribution in [0.15, 0.2) is 0 Å². The Hall–Kier alpha value is -0.120. The molecule has 3 heteroatoms. The largest absolute Gasteiger partial charge is 0.380 e. The first-order valence-electron chi connectivity index (χ1n) is 5.35.